The molecule has 0 aliphatic rings. The van der Waals surface area contributed by atoms with E-state index in [0.717, 1.165) is 6.42 Å². The van der Waals surface area contributed by atoms with Crippen molar-refractivity contribution in [3.8, 4) is 0 Å². The van der Waals surface area contributed by atoms with E-state index in [2.05, 4.69) is 20.6 Å². The lowest BCUT2D eigenvalue weighted by Gasteiger charge is -2.18. The minimum atomic E-state index is -0.311. The number of tetrazole rings is 1. The molecule has 0 spiro atoms. The van der Waals surface area contributed by atoms with E-state index in [0.29, 0.717) is 13.1 Å². The average molecular weight is 199 g/mol. The summed E-state index contributed by atoms with van der Waals surface area (Å²) < 4.78 is 0. The predicted molar refractivity (Wildman–Crippen MR) is 47.5 cm³/mol. The van der Waals surface area contributed by atoms with E-state index in [9.17, 15) is 4.79 Å². The molecule has 0 radical (unpaired) electrons. The molecule has 0 saturated carbocycles. The van der Waals surface area contributed by atoms with Gasteiger partial charge in [0, 0.05) is 13.1 Å². The van der Waals surface area contributed by atoms with Gasteiger partial charge < -0.3 is 10.0 Å². The van der Waals surface area contributed by atoms with Crippen LogP contribution in [0.15, 0.2) is 0 Å². The fourth-order valence-electron chi connectivity index (χ4n) is 1.10. The van der Waals surface area contributed by atoms with E-state index in [-0.39, 0.29) is 18.3 Å². The molecular formula is C7H13N5O2. The van der Waals surface area contributed by atoms with Crippen molar-refractivity contribution >= 4 is 5.91 Å². The van der Waals surface area contributed by atoms with E-state index in [4.69, 9.17) is 5.11 Å². The number of aromatic amines is 1. The van der Waals surface area contributed by atoms with Crippen molar-refractivity contribution in [2.75, 3.05) is 19.7 Å². The largest absolute Gasteiger partial charge is 0.395 e. The number of hydrogen-bond acceptors (Lipinski definition) is 5. The second-order valence-corrected chi connectivity index (χ2v) is 2.75. The Morgan fingerprint density at radius 1 is 1.57 bits per heavy atom. The lowest BCUT2D eigenvalue weighted by molar-refractivity contribution is 0.0710. The number of aromatic nitrogens is 4. The monoisotopic (exact) mass is 199 g/mol. The molecule has 0 saturated heterocycles. The van der Waals surface area contributed by atoms with Crippen LogP contribution in [0.1, 0.15) is 24.0 Å². The van der Waals surface area contributed by atoms with Gasteiger partial charge in [0.1, 0.15) is 0 Å². The summed E-state index contributed by atoms with van der Waals surface area (Å²) in [5.74, 6) is -0.276. The minimum absolute atomic E-state index is 0.0342. The van der Waals surface area contributed by atoms with E-state index in [1.54, 1.807) is 0 Å². The van der Waals surface area contributed by atoms with E-state index >= 15 is 0 Å². The molecule has 14 heavy (non-hydrogen) atoms. The molecule has 1 heterocycles. The molecule has 7 heteroatoms. The number of rotatable bonds is 5. The van der Waals surface area contributed by atoms with Crippen LogP contribution in [0.4, 0.5) is 0 Å². The highest BCUT2D eigenvalue weighted by molar-refractivity contribution is 5.90. The molecule has 1 aromatic heterocycles. The highest BCUT2D eigenvalue weighted by Gasteiger charge is 2.18. The summed E-state index contributed by atoms with van der Waals surface area (Å²) in [7, 11) is 0. The van der Waals surface area contributed by atoms with Gasteiger partial charge in [-0.1, -0.05) is 6.92 Å². The fourth-order valence-corrected chi connectivity index (χ4v) is 1.10. The summed E-state index contributed by atoms with van der Waals surface area (Å²) in [6.45, 7) is 2.76. The molecular weight excluding hydrogens is 186 g/mol. The van der Waals surface area contributed by atoms with E-state index in [1.807, 2.05) is 6.92 Å². The quantitative estimate of drug-likeness (QED) is 0.637. The van der Waals surface area contributed by atoms with Crippen LogP contribution in [0.25, 0.3) is 0 Å². The summed E-state index contributed by atoms with van der Waals surface area (Å²) in [5.41, 5.74) is 0. The number of carbonyl (C=O) groups excluding carboxylic acids is 1. The molecule has 78 valence electrons. The van der Waals surface area contributed by atoms with Gasteiger partial charge in [0.05, 0.1) is 6.61 Å². The summed E-state index contributed by atoms with van der Waals surface area (Å²) in [4.78, 5) is 13.1. The molecule has 0 bridgehead atoms. The maximum absolute atomic E-state index is 11.6. The molecule has 0 unspecified atom stereocenters. The van der Waals surface area contributed by atoms with Crippen LogP contribution in [0.5, 0.6) is 0 Å². The highest BCUT2D eigenvalue weighted by Crippen LogP contribution is 1.97. The first kappa shape index (κ1) is 10.6. The normalized spacial score (nSPS) is 10.1. The molecule has 1 rings (SSSR count). The standard InChI is InChI=1S/C7H13N5O2/c1-2-3-12(4-5-13)7(14)6-8-10-11-9-6/h13H,2-5H2,1H3,(H,8,9,10,11). The molecule has 7 nitrogen and oxygen atoms in total. The number of hydrogen-bond donors (Lipinski definition) is 2. The van der Waals surface area contributed by atoms with Gasteiger partial charge in [-0.05, 0) is 11.6 Å². The number of nitrogens with zero attached hydrogens (tertiary/aromatic N) is 4. The minimum Gasteiger partial charge on any atom is -0.395 e. The smallest absolute Gasteiger partial charge is 0.295 e. The number of H-pyrrole nitrogens is 1. The molecule has 0 aliphatic carbocycles. The summed E-state index contributed by atoms with van der Waals surface area (Å²) >= 11 is 0. The molecule has 1 amide bonds. The zero-order valence-electron chi connectivity index (χ0n) is 7.97. The van der Waals surface area contributed by atoms with Gasteiger partial charge in [-0.15, -0.1) is 10.2 Å². The third-order valence-electron chi connectivity index (χ3n) is 1.69. The van der Waals surface area contributed by atoms with Gasteiger partial charge in [-0.25, -0.2) is 0 Å². The molecule has 0 aromatic carbocycles. The fraction of sp³-hybridized carbons (Fsp3) is 0.714. The maximum atomic E-state index is 11.6. The zero-order valence-corrected chi connectivity index (χ0v) is 7.97. The Labute approximate surface area is 81.1 Å². The number of aliphatic hydroxyl groups is 1. The van der Waals surface area contributed by atoms with Crippen LogP contribution in [-0.4, -0.2) is 56.2 Å². The van der Waals surface area contributed by atoms with Crippen molar-refractivity contribution in [1.29, 1.82) is 0 Å². The molecule has 0 aliphatic heterocycles. The Morgan fingerprint density at radius 2 is 2.36 bits per heavy atom. The summed E-state index contributed by atoms with van der Waals surface area (Å²) in [6, 6.07) is 0. The number of aliphatic hydroxyl groups excluding tert-OH is 1. The average Bonchev–Trinajstić information content (AvgIpc) is 2.69. The molecule has 0 atom stereocenters. The Morgan fingerprint density at radius 3 is 2.86 bits per heavy atom. The predicted octanol–water partition coefficient (Wildman–Crippen LogP) is -0.956. The van der Waals surface area contributed by atoms with Crippen molar-refractivity contribution in [3.63, 3.8) is 0 Å². The van der Waals surface area contributed by atoms with E-state index < -0.39 is 0 Å². The van der Waals surface area contributed by atoms with Gasteiger partial charge in [-0.2, -0.15) is 5.21 Å². The van der Waals surface area contributed by atoms with Gasteiger partial charge in [0.15, 0.2) is 0 Å². The molecule has 1 aromatic rings. The van der Waals surface area contributed by atoms with Gasteiger partial charge >= 0.3 is 0 Å². The first-order valence-corrected chi connectivity index (χ1v) is 4.43. The Kier molecular flexibility index (Phi) is 3.99. The van der Waals surface area contributed by atoms with Crippen LogP contribution in [-0.2, 0) is 0 Å². The summed E-state index contributed by atoms with van der Waals surface area (Å²) in [6.07, 6.45) is 0.823. The SMILES string of the molecule is CCCN(CCO)C(=O)c1nn[nH]n1. The lowest BCUT2D eigenvalue weighted by atomic mass is 10.3. The second-order valence-electron chi connectivity index (χ2n) is 2.75. The molecule has 0 fully saturated rings. The first-order valence-electron chi connectivity index (χ1n) is 4.43. The maximum Gasteiger partial charge on any atom is 0.295 e. The van der Waals surface area contributed by atoms with Crippen molar-refractivity contribution in [1.82, 2.24) is 25.5 Å². The number of nitrogens with one attached hydrogen (secondary N) is 1. The van der Waals surface area contributed by atoms with Crippen molar-refractivity contribution in [3.05, 3.63) is 5.82 Å². The van der Waals surface area contributed by atoms with E-state index in [1.165, 1.54) is 4.90 Å². The summed E-state index contributed by atoms with van der Waals surface area (Å²) in [5, 5.41) is 21.4. The number of amides is 1. The van der Waals surface area contributed by atoms with Crippen LogP contribution < -0.4 is 0 Å². The Balaban J connectivity index is 2.63. The Bertz CT molecular complexity index is 268. The highest BCUT2D eigenvalue weighted by atomic mass is 16.3. The third-order valence-corrected chi connectivity index (χ3v) is 1.69. The van der Waals surface area contributed by atoms with Crippen LogP contribution in [0.2, 0.25) is 0 Å². The number of carbonyl (C=O) groups is 1. The van der Waals surface area contributed by atoms with Crippen molar-refractivity contribution < 1.29 is 9.90 Å². The molecule has 2 N–H and O–H groups in total. The third kappa shape index (κ3) is 2.49. The van der Waals surface area contributed by atoms with Gasteiger partial charge in [0.25, 0.3) is 11.7 Å². The van der Waals surface area contributed by atoms with Gasteiger partial charge in [-0.3, -0.25) is 4.79 Å². The van der Waals surface area contributed by atoms with Crippen molar-refractivity contribution in [2.24, 2.45) is 0 Å². The zero-order chi connectivity index (χ0) is 10.4. The second kappa shape index (κ2) is 5.28. The van der Waals surface area contributed by atoms with Crippen molar-refractivity contribution in [2.45, 2.75) is 13.3 Å². The first-order chi connectivity index (χ1) is 6.79. The lowest BCUT2D eigenvalue weighted by Crippen LogP contribution is -2.34. The van der Waals surface area contributed by atoms with Crippen LogP contribution >= 0.6 is 0 Å². The topological polar surface area (TPSA) is 95.0 Å². The van der Waals surface area contributed by atoms with Gasteiger partial charge in [0.2, 0.25) is 0 Å². The van der Waals surface area contributed by atoms with Crippen LogP contribution in [0.3, 0.4) is 0 Å². The Hall–Kier alpha value is -1.50. The van der Waals surface area contributed by atoms with Crippen LogP contribution in [0, 0.1) is 0 Å².